The highest BCUT2D eigenvalue weighted by Gasteiger charge is 2.26. The summed E-state index contributed by atoms with van der Waals surface area (Å²) in [5.74, 6) is -0.225. The van der Waals surface area contributed by atoms with Gasteiger partial charge < -0.3 is 16.4 Å². The predicted molar refractivity (Wildman–Crippen MR) is 70.5 cm³/mol. The van der Waals surface area contributed by atoms with Gasteiger partial charge in [-0.2, -0.15) is 0 Å². The average Bonchev–Trinajstić information content (AvgIpc) is 2.83. The molecule has 1 atom stereocenters. The number of nitrogens with two attached hydrogens (primary N) is 1. The highest BCUT2D eigenvalue weighted by molar-refractivity contribution is 5.95. The summed E-state index contributed by atoms with van der Waals surface area (Å²) in [7, 11) is 0. The molecular formula is C13H16N4O2. The van der Waals surface area contributed by atoms with Crippen LogP contribution in [0.5, 0.6) is 0 Å². The number of benzene rings is 1. The van der Waals surface area contributed by atoms with E-state index in [1.54, 1.807) is 12.1 Å². The maximum Gasteiger partial charge on any atom is 0.242 e. The molecule has 1 heterocycles. The Morgan fingerprint density at radius 3 is 2.63 bits per heavy atom. The maximum absolute atomic E-state index is 11.8. The Kier molecular flexibility index (Phi) is 3.79. The van der Waals surface area contributed by atoms with Crippen molar-refractivity contribution in [2.24, 2.45) is 5.73 Å². The molecule has 100 valence electrons. The monoisotopic (exact) mass is 260 g/mol. The van der Waals surface area contributed by atoms with Crippen LogP contribution in [0.15, 0.2) is 24.3 Å². The number of carbonyl (C=O) groups is 2. The first kappa shape index (κ1) is 13.1. The van der Waals surface area contributed by atoms with Crippen molar-refractivity contribution in [3.05, 3.63) is 35.4 Å². The Labute approximate surface area is 110 Å². The average molecular weight is 260 g/mol. The lowest BCUT2D eigenvalue weighted by atomic mass is 10.1. The molecule has 1 saturated heterocycles. The SMILES string of the molecule is N=C(N)c1ccc(CNC(=O)[C@H]2CCC(=O)N2)cc1. The van der Waals surface area contributed by atoms with Crippen LogP contribution in [0.3, 0.4) is 0 Å². The van der Waals surface area contributed by atoms with Crippen LogP contribution < -0.4 is 16.4 Å². The number of amidine groups is 1. The van der Waals surface area contributed by atoms with Crippen LogP contribution in [0.25, 0.3) is 0 Å². The van der Waals surface area contributed by atoms with Gasteiger partial charge in [-0.05, 0) is 12.0 Å². The third kappa shape index (κ3) is 3.31. The predicted octanol–water partition coefficient (Wildman–Crippen LogP) is -0.135. The Morgan fingerprint density at radius 1 is 1.42 bits per heavy atom. The number of hydrogen-bond acceptors (Lipinski definition) is 3. The van der Waals surface area contributed by atoms with Crippen molar-refractivity contribution in [2.45, 2.75) is 25.4 Å². The van der Waals surface area contributed by atoms with Crippen molar-refractivity contribution < 1.29 is 9.59 Å². The molecule has 2 rings (SSSR count). The highest BCUT2D eigenvalue weighted by Crippen LogP contribution is 2.07. The van der Waals surface area contributed by atoms with Crippen molar-refractivity contribution in [2.75, 3.05) is 0 Å². The lowest BCUT2D eigenvalue weighted by molar-refractivity contribution is -0.125. The number of carbonyl (C=O) groups excluding carboxylic acids is 2. The molecule has 2 amide bonds. The molecule has 19 heavy (non-hydrogen) atoms. The number of nitrogen functional groups attached to an aromatic ring is 1. The maximum atomic E-state index is 11.8. The van der Waals surface area contributed by atoms with E-state index in [1.165, 1.54) is 0 Å². The van der Waals surface area contributed by atoms with Crippen molar-refractivity contribution in [1.29, 1.82) is 5.41 Å². The molecule has 1 aromatic carbocycles. The zero-order valence-electron chi connectivity index (χ0n) is 10.4. The highest BCUT2D eigenvalue weighted by atomic mass is 16.2. The molecule has 0 bridgehead atoms. The molecule has 1 fully saturated rings. The molecule has 0 unspecified atom stereocenters. The van der Waals surface area contributed by atoms with Crippen LogP contribution in [0.4, 0.5) is 0 Å². The first-order valence-corrected chi connectivity index (χ1v) is 6.06. The van der Waals surface area contributed by atoms with Crippen LogP contribution in [-0.4, -0.2) is 23.7 Å². The molecule has 6 heteroatoms. The van der Waals surface area contributed by atoms with Crippen LogP contribution in [0, 0.1) is 5.41 Å². The van der Waals surface area contributed by atoms with E-state index < -0.39 is 6.04 Å². The summed E-state index contributed by atoms with van der Waals surface area (Å²) in [6, 6.07) is 6.68. The van der Waals surface area contributed by atoms with Crippen LogP contribution in [0.2, 0.25) is 0 Å². The molecule has 0 aliphatic carbocycles. The van der Waals surface area contributed by atoms with Crippen molar-refractivity contribution in [3.63, 3.8) is 0 Å². The zero-order chi connectivity index (χ0) is 13.8. The fourth-order valence-electron chi connectivity index (χ4n) is 1.93. The molecule has 0 spiro atoms. The Balaban J connectivity index is 1.86. The molecular weight excluding hydrogens is 244 g/mol. The van der Waals surface area contributed by atoms with Crippen LogP contribution >= 0.6 is 0 Å². The van der Waals surface area contributed by atoms with Gasteiger partial charge in [0.15, 0.2) is 0 Å². The normalized spacial score (nSPS) is 17.9. The molecule has 6 nitrogen and oxygen atoms in total. The van der Waals surface area contributed by atoms with E-state index in [-0.39, 0.29) is 17.6 Å². The topological polar surface area (TPSA) is 108 Å². The van der Waals surface area contributed by atoms with Crippen molar-refractivity contribution in [3.8, 4) is 0 Å². The van der Waals surface area contributed by atoms with E-state index in [2.05, 4.69) is 10.6 Å². The lowest BCUT2D eigenvalue weighted by Crippen LogP contribution is -2.41. The summed E-state index contributed by atoms with van der Waals surface area (Å²) in [6.45, 7) is 0.392. The van der Waals surface area contributed by atoms with Gasteiger partial charge in [-0.3, -0.25) is 15.0 Å². The Hall–Kier alpha value is -2.37. The number of nitrogens with one attached hydrogen (secondary N) is 3. The molecule has 0 radical (unpaired) electrons. The van der Waals surface area contributed by atoms with Crippen molar-refractivity contribution in [1.82, 2.24) is 10.6 Å². The third-order valence-corrected chi connectivity index (χ3v) is 3.04. The van der Waals surface area contributed by atoms with Crippen LogP contribution in [-0.2, 0) is 16.1 Å². The number of rotatable bonds is 4. The smallest absolute Gasteiger partial charge is 0.242 e. The minimum absolute atomic E-state index is 0.0178. The summed E-state index contributed by atoms with van der Waals surface area (Å²) in [6.07, 6.45) is 0.958. The van der Waals surface area contributed by atoms with Crippen molar-refractivity contribution >= 4 is 17.6 Å². The minimum atomic E-state index is -0.413. The largest absolute Gasteiger partial charge is 0.384 e. The Bertz CT molecular complexity index is 510. The molecule has 0 saturated carbocycles. The standard InChI is InChI=1S/C13H16N4O2/c14-12(15)9-3-1-8(2-4-9)7-16-13(19)10-5-6-11(18)17-10/h1-4,10H,5-7H2,(H3,14,15)(H,16,19)(H,17,18)/t10-/m1/s1. The first-order chi connectivity index (χ1) is 9.06. The van der Waals surface area contributed by atoms with E-state index in [0.29, 0.717) is 24.9 Å². The second-order valence-electron chi connectivity index (χ2n) is 4.49. The first-order valence-electron chi connectivity index (χ1n) is 6.06. The Morgan fingerprint density at radius 2 is 2.11 bits per heavy atom. The summed E-state index contributed by atoms with van der Waals surface area (Å²) in [5, 5.41) is 12.7. The second-order valence-corrected chi connectivity index (χ2v) is 4.49. The number of hydrogen-bond donors (Lipinski definition) is 4. The lowest BCUT2D eigenvalue weighted by Gasteiger charge is -2.11. The fraction of sp³-hybridized carbons (Fsp3) is 0.308. The van der Waals surface area contributed by atoms with E-state index in [0.717, 1.165) is 5.56 Å². The zero-order valence-corrected chi connectivity index (χ0v) is 10.4. The van der Waals surface area contributed by atoms with E-state index in [9.17, 15) is 9.59 Å². The van der Waals surface area contributed by atoms with Gasteiger partial charge in [0.1, 0.15) is 11.9 Å². The van der Waals surface area contributed by atoms with Gasteiger partial charge in [0.05, 0.1) is 0 Å². The van der Waals surface area contributed by atoms with Gasteiger partial charge in [-0.1, -0.05) is 24.3 Å². The fourth-order valence-corrected chi connectivity index (χ4v) is 1.93. The summed E-state index contributed by atoms with van der Waals surface area (Å²) < 4.78 is 0. The minimum Gasteiger partial charge on any atom is -0.384 e. The van der Waals surface area contributed by atoms with Gasteiger partial charge in [0.25, 0.3) is 0 Å². The number of amides is 2. The molecule has 1 aliphatic heterocycles. The summed E-state index contributed by atoms with van der Waals surface area (Å²) in [4.78, 5) is 22.8. The van der Waals surface area contributed by atoms with Gasteiger partial charge in [-0.25, -0.2) is 0 Å². The van der Waals surface area contributed by atoms with Gasteiger partial charge in [0.2, 0.25) is 11.8 Å². The van der Waals surface area contributed by atoms with Gasteiger partial charge in [0, 0.05) is 18.5 Å². The summed E-state index contributed by atoms with van der Waals surface area (Å²) >= 11 is 0. The quantitative estimate of drug-likeness (QED) is 0.447. The summed E-state index contributed by atoms with van der Waals surface area (Å²) in [5.41, 5.74) is 6.93. The third-order valence-electron chi connectivity index (χ3n) is 3.04. The van der Waals surface area contributed by atoms with Crippen LogP contribution in [0.1, 0.15) is 24.0 Å². The molecule has 1 aliphatic rings. The molecule has 0 aromatic heterocycles. The molecule has 1 aromatic rings. The van der Waals surface area contributed by atoms with E-state index in [4.69, 9.17) is 11.1 Å². The van der Waals surface area contributed by atoms with Gasteiger partial charge >= 0.3 is 0 Å². The molecule has 5 N–H and O–H groups in total. The second kappa shape index (κ2) is 5.51. The van der Waals surface area contributed by atoms with E-state index in [1.807, 2.05) is 12.1 Å². The van der Waals surface area contributed by atoms with E-state index >= 15 is 0 Å². The van der Waals surface area contributed by atoms with Gasteiger partial charge in [-0.15, -0.1) is 0 Å².